The molecule has 1 aliphatic rings. The van der Waals surface area contributed by atoms with E-state index in [1.165, 1.54) is 0 Å². The first-order valence-corrected chi connectivity index (χ1v) is 11.4. The molecule has 0 radical (unpaired) electrons. The van der Waals surface area contributed by atoms with Gasteiger partial charge in [-0.3, -0.25) is 4.57 Å². The van der Waals surface area contributed by atoms with E-state index in [-0.39, 0.29) is 24.4 Å². The van der Waals surface area contributed by atoms with Crippen molar-refractivity contribution < 1.29 is 17.6 Å². The Labute approximate surface area is 204 Å². The van der Waals surface area contributed by atoms with Gasteiger partial charge in [0.15, 0.2) is 0 Å². The van der Waals surface area contributed by atoms with Gasteiger partial charge in [-0.05, 0) is 62.2 Å². The quantitative estimate of drug-likeness (QED) is 0.260. The molecule has 1 aliphatic carbocycles. The molecule has 11 heteroatoms. The minimum Gasteiger partial charge on any atom is -0.418 e. The molecule has 5 rings (SSSR count). The van der Waals surface area contributed by atoms with Gasteiger partial charge in [0.05, 0.1) is 10.7 Å². The van der Waals surface area contributed by atoms with Crippen LogP contribution < -0.4 is 0 Å². The van der Waals surface area contributed by atoms with E-state index in [1.807, 2.05) is 28.8 Å². The van der Waals surface area contributed by atoms with E-state index >= 15 is 0 Å². The molecule has 170 valence electrons. The number of imidazole rings is 1. The summed E-state index contributed by atoms with van der Waals surface area (Å²) in [4.78, 5) is 4.66. The molecule has 5 nitrogen and oxygen atoms in total. The number of hydrogen-bond donors (Lipinski definition) is 0. The summed E-state index contributed by atoms with van der Waals surface area (Å²) < 4.78 is 48.8. The van der Waals surface area contributed by atoms with Crippen LogP contribution >= 0.6 is 39.1 Å². The van der Waals surface area contributed by atoms with Crippen LogP contribution in [-0.4, -0.2) is 25.9 Å². The first-order valence-electron chi connectivity index (χ1n) is 9.82. The van der Waals surface area contributed by atoms with Crippen LogP contribution in [0.25, 0.3) is 28.7 Å². The van der Waals surface area contributed by atoms with Crippen LogP contribution in [-0.2, 0) is 5.41 Å². The number of rotatable bonds is 4. The Balaban J connectivity index is 1.68. The molecule has 0 saturated heterocycles. The van der Waals surface area contributed by atoms with Crippen molar-refractivity contribution in [1.82, 2.24) is 19.7 Å². The van der Waals surface area contributed by atoms with Crippen LogP contribution in [0.4, 0.5) is 13.2 Å². The first-order chi connectivity index (χ1) is 15.6. The minimum atomic E-state index is -4.45. The third-order valence-electron chi connectivity index (χ3n) is 5.69. The first kappa shape index (κ1) is 22.4. The molecular formula is C22H14BrCl2F3N4O. The van der Waals surface area contributed by atoms with Crippen molar-refractivity contribution in [2.75, 3.05) is 0 Å². The summed E-state index contributed by atoms with van der Waals surface area (Å²) in [7, 11) is 0. The monoisotopic (exact) mass is 556 g/mol. The van der Waals surface area contributed by atoms with E-state index in [1.54, 1.807) is 25.1 Å². The maximum Gasteiger partial charge on any atom is 0.403 e. The smallest absolute Gasteiger partial charge is 0.403 e. The van der Waals surface area contributed by atoms with Gasteiger partial charge in [0, 0.05) is 20.7 Å². The standard InChI is InChI=1S/C22H14BrCl2F3N4O/c1-11-17(19-30-31-20(33-19)21(8-9-21)22(26,27)28)29-18(15-7-4-13(24)10-16(15)25)32(11)14-5-2-12(23)3-6-14/h2-7,10H,8-9H2,1H3. The zero-order valence-corrected chi connectivity index (χ0v) is 20.0. The summed E-state index contributed by atoms with van der Waals surface area (Å²) in [6.45, 7) is 1.78. The van der Waals surface area contributed by atoms with Gasteiger partial charge in [0.2, 0.25) is 5.89 Å². The molecule has 0 amide bonds. The minimum absolute atomic E-state index is 0.0733. The molecule has 0 spiro atoms. The highest BCUT2D eigenvalue weighted by Crippen LogP contribution is 2.58. The lowest BCUT2D eigenvalue weighted by molar-refractivity contribution is -0.165. The SMILES string of the molecule is Cc1c(-c2nnc(C3(C(F)(F)F)CC3)o2)nc(-c2ccc(Cl)cc2Cl)n1-c1ccc(Br)cc1. The Bertz CT molecular complexity index is 1360. The molecule has 0 unspecified atom stereocenters. The molecule has 0 atom stereocenters. The molecule has 33 heavy (non-hydrogen) atoms. The van der Waals surface area contributed by atoms with E-state index in [0.29, 0.717) is 27.1 Å². The predicted octanol–water partition coefficient (Wildman–Crippen LogP) is 7.56. The zero-order chi connectivity index (χ0) is 23.5. The third-order valence-corrected chi connectivity index (χ3v) is 6.77. The summed E-state index contributed by atoms with van der Waals surface area (Å²) in [6.07, 6.45) is -4.60. The molecule has 0 N–H and O–H groups in total. The van der Waals surface area contributed by atoms with Crippen molar-refractivity contribution >= 4 is 39.1 Å². The van der Waals surface area contributed by atoms with Gasteiger partial charge in [0.25, 0.3) is 5.89 Å². The molecule has 1 fully saturated rings. The van der Waals surface area contributed by atoms with Crippen LogP contribution in [0.5, 0.6) is 0 Å². The van der Waals surface area contributed by atoms with Gasteiger partial charge in [-0.25, -0.2) is 4.98 Å². The van der Waals surface area contributed by atoms with Gasteiger partial charge < -0.3 is 4.42 Å². The summed E-state index contributed by atoms with van der Waals surface area (Å²) in [6, 6.07) is 12.5. The topological polar surface area (TPSA) is 56.7 Å². The van der Waals surface area contributed by atoms with Crippen LogP contribution in [0.3, 0.4) is 0 Å². The molecule has 2 aromatic heterocycles. The summed E-state index contributed by atoms with van der Waals surface area (Å²) in [5.41, 5.74) is 0.167. The number of hydrogen-bond acceptors (Lipinski definition) is 4. The fourth-order valence-corrected chi connectivity index (χ4v) is 4.47. The Morgan fingerprint density at radius 3 is 2.36 bits per heavy atom. The number of aromatic nitrogens is 4. The van der Waals surface area contributed by atoms with E-state index in [2.05, 4.69) is 31.1 Å². The van der Waals surface area contributed by atoms with Crippen molar-refractivity contribution in [3.05, 3.63) is 68.6 Å². The van der Waals surface area contributed by atoms with Crippen LogP contribution in [0.1, 0.15) is 24.4 Å². The Kier molecular flexibility index (Phi) is 5.34. The number of benzene rings is 2. The second kappa shape index (κ2) is 7.85. The van der Waals surface area contributed by atoms with Crippen LogP contribution in [0.2, 0.25) is 10.0 Å². The van der Waals surface area contributed by atoms with Crippen molar-refractivity contribution in [2.24, 2.45) is 0 Å². The van der Waals surface area contributed by atoms with E-state index in [9.17, 15) is 13.2 Å². The summed E-state index contributed by atoms with van der Waals surface area (Å²) in [5.74, 6) is -0.0583. The van der Waals surface area contributed by atoms with Gasteiger partial charge >= 0.3 is 6.18 Å². The van der Waals surface area contributed by atoms with Gasteiger partial charge in [-0.2, -0.15) is 13.2 Å². The molecule has 2 aromatic carbocycles. The average Bonchev–Trinajstić information content (AvgIpc) is 3.32. The normalized spacial score (nSPS) is 15.1. The average molecular weight is 558 g/mol. The van der Waals surface area contributed by atoms with Gasteiger partial charge in [-0.1, -0.05) is 39.1 Å². The second-order valence-electron chi connectivity index (χ2n) is 7.80. The zero-order valence-electron chi connectivity index (χ0n) is 16.9. The van der Waals surface area contributed by atoms with Crippen molar-refractivity contribution in [2.45, 2.75) is 31.4 Å². The van der Waals surface area contributed by atoms with Gasteiger partial charge in [-0.15, -0.1) is 10.2 Å². The maximum atomic E-state index is 13.5. The van der Waals surface area contributed by atoms with Crippen LogP contribution in [0.15, 0.2) is 51.4 Å². The summed E-state index contributed by atoms with van der Waals surface area (Å²) >= 11 is 15.9. The van der Waals surface area contributed by atoms with Crippen molar-refractivity contribution in [1.29, 1.82) is 0 Å². The molecule has 2 heterocycles. The highest BCUT2D eigenvalue weighted by molar-refractivity contribution is 9.10. The molecule has 4 aromatic rings. The Morgan fingerprint density at radius 1 is 1.06 bits per heavy atom. The largest absolute Gasteiger partial charge is 0.418 e. The lowest BCUT2D eigenvalue weighted by Crippen LogP contribution is -2.28. The van der Waals surface area contributed by atoms with E-state index < -0.39 is 17.5 Å². The predicted molar refractivity (Wildman–Crippen MR) is 122 cm³/mol. The van der Waals surface area contributed by atoms with E-state index in [4.69, 9.17) is 27.6 Å². The maximum absolute atomic E-state index is 13.5. The molecule has 0 bridgehead atoms. The number of nitrogens with zero attached hydrogens (tertiary/aromatic N) is 4. The van der Waals surface area contributed by atoms with Gasteiger partial charge in [0.1, 0.15) is 16.9 Å². The number of halogens is 6. The fourth-order valence-electron chi connectivity index (χ4n) is 3.72. The van der Waals surface area contributed by atoms with Crippen LogP contribution in [0, 0.1) is 6.92 Å². The molecular weight excluding hydrogens is 544 g/mol. The lowest BCUT2D eigenvalue weighted by atomic mass is 10.1. The lowest BCUT2D eigenvalue weighted by Gasteiger charge is -2.14. The Hall–Kier alpha value is -2.36. The molecule has 1 saturated carbocycles. The molecule has 0 aliphatic heterocycles. The van der Waals surface area contributed by atoms with E-state index in [0.717, 1.165) is 10.2 Å². The highest BCUT2D eigenvalue weighted by Gasteiger charge is 2.68. The fraction of sp³-hybridized carbons (Fsp3) is 0.227. The number of alkyl halides is 3. The highest BCUT2D eigenvalue weighted by atomic mass is 79.9. The third kappa shape index (κ3) is 3.76. The summed E-state index contributed by atoms with van der Waals surface area (Å²) in [5, 5.41) is 8.47. The Morgan fingerprint density at radius 2 is 1.76 bits per heavy atom. The second-order valence-corrected chi connectivity index (χ2v) is 9.56. The van der Waals surface area contributed by atoms with Crippen molar-refractivity contribution in [3.63, 3.8) is 0 Å². The van der Waals surface area contributed by atoms with Crippen molar-refractivity contribution in [3.8, 4) is 28.7 Å².